The van der Waals surface area contributed by atoms with Crippen molar-refractivity contribution in [3.63, 3.8) is 0 Å². The molecule has 0 aromatic rings. The molecule has 3 unspecified atom stereocenters. The van der Waals surface area contributed by atoms with E-state index in [1.165, 1.54) is 19.4 Å². The lowest BCUT2D eigenvalue weighted by molar-refractivity contribution is 0.139. The van der Waals surface area contributed by atoms with E-state index in [2.05, 4.69) is 34.0 Å². The van der Waals surface area contributed by atoms with Gasteiger partial charge in [0.15, 0.2) is 5.96 Å². The minimum absolute atomic E-state index is 0.656. The predicted octanol–water partition coefficient (Wildman–Crippen LogP) is 1.01. The lowest BCUT2D eigenvalue weighted by atomic mass is 10.1. The molecule has 3 atom stereocenters. The average molecular weight is 294 g/mol. The smallest absolute Gasteiger partial charge is 0.194 e. The third-order valence-electron chi connectivity index (χ3n) is 4.94. The summed E-state index contributed by atoms with van der Waals surface area (Å²) in [6, 6.07) is 0.656. The maximum absolute atomic E-state index is 5.48. The zero-order valence-corrected chi connectivity index (χ0v) is 13.6. The number of aliphatic imine (C=N–C) groups is 1. The SMILES string of the molecule is CCN=C(NC1CC1C)N1CCN(CC2CCOC2)CC1. The molecule has 0 bridgehead atoms. The Morgan fingerprint density at radius 1 is 1.29 bits per heavy atom. The Hall–Kier alpha value is -0.810. The van der Waals surface area contributed by atoms with Crippen LogP contribution in [0.4, 0.5) is 0 Å². The summed E-state index contributed by atoms with van der Waals surface area (Å²) >= 11 is 0. The molecule has 3 aliphatic rings. The molecular formula is C16H30N4O. The molecule has 5 heteroatoms. The highest BCUT2D eigenvalue weighted by molar-refractivity contribution is 5.80. The lowest BCUT2D eigenvalue weighted by Crippen LogP contribution is -2.53. The zero-order chi connectivity index (χ0) is 14.7. The van der Waals surface area contributed by atoms with Crippen LogP contribution in [0.15, 0.2) is 4.99 Å². The van der Waals surface area contributed by atoms with E-state index in [0.29, 0.717) is 6.04 Å². The number of nitrogens with one attached hydrogen (secondary N) is 1. The summed E-state index contributed by atoms with van der Waals surface area (Å²) < 4.78 is 5.48. The largest absolute Gasteiger partial charge is 0.381 e. The van der Waals surface area contributed by atoms with Crippen LogP contribution in [0, 0.1) is 11.8 Å². The third kappa shape index (κ3) is 4.10. The van der Waals surface area contributed by atoms with Crippen LogP contribution in [0.5, 0.6) is 0 Å². The fraction of sp³-hybridized carbons (Fsp3) is 0.938. The molecule has 0 amide bonds. The Bertz CT molecular complexity index is 359. The van der Waals surface area contributed by atoms with Crippen LogP contribution >= 0.6 is 0 Å². The molecular weight excluding hydrogens is 264 g/mol. The van der Waals surface area contributed by atoms with Crippen LogP contribution in [0.3, 0.4) is 0 Å². The second kappa shape index (κ2) is 6.97. The molecule has 120 valence electrons. The van der Waals surface area contributed by atoms with Gasteiger partial charge in [0.25, 0.3) is 0 Å². The number of ether oxygens (including phenoxy) is 1. The molecule has 0 spiro atoms. The van der Waals surface area contributed by atoms with Crippen LogP contribution in [-0.2, 0) is 4.74 Å². The van der Waals surface area contributed by atoms with Gasteiger partial charge in [0, 0.05) is 51.9 Å². The average Bonchev–Trinajstić information content (AvgIpc) is 2.97. The Kier molecular flexibility index (Phi) is 5.01. The van der Waals surface area contributed by atoms with Gasteiger partial charge in [0.2, 0.25) is 0 Å². The molecule has 0 radical (unpaired) electrons. The fourth-order valence-corrected chi connectivity index (χ4v) is 3.31. The van der Waals surface area contributed by atoms with Gasteiger partial charge in [0.05, 0.1) is 6.61 Å². The first-order valence-corrected chi connectivity index (χ1v) is 8.62. The normalized spacial score (nSPS) is 34.3. The van der Waals surface area contributed by atoms with Gasteiger partial charge in [-0.1, -0.05) is 6.92 Å². The van der Waals surface area contributed by atoms with Gasteiger partial charge in [-0.15, -0.1) is 0 Å². The summed E-state index contributed by atoms with van der Waals surface area (Å²) in [6.07, 6.45) is 2.54. The molecule has 21 heavy (non-hydrogen) atoms. The van der Waals surface area contributed by atoms with Crippen molar-refractivity contribution in [2.24, 2.45) is 16.8 Å². The molecule has 2 aliphatic heterocycles. The predicted molar refractivity (Wildman–Crippen MR) is 85.6 cm³/mol. The zero-order valence-electron chi connectivity index (χ0n) is 13.6. The first-order valence-electron chi connectivity index (χ1n) is 8.62. The second-order valence-electron chi connectivity index (χ2n) is 6.78. The van der Waals surface area contributed by atoms with Crippen molar-refractivity contribution >= 4 is 5.96 Å². The van der Waals surface area contributed by atoms with E-state index >= 15 is 0 Å². The fourth-order valence-electron chi connectivity index (χ4n) is 3.31. The van der Waals surface area contributed by atoms with E-state index in [9.17, 15) is 0 Å². The van der Waals surface area contributed by atoms with Crippen molar-refractivity contribution in [3.8, 4) is 0 Å². The van der Waals surface area contributed by atoms with E-state index < -0.39 is 0 Å². The highest BCUT2D eigenvalue weighted by Gasteiger charge is 2.34. The molecule has 2 saturated heterocycles. The summed E-state index contributed by atoms with van der Waals surface area (Å²) in [6.45, 7) is 12.9. The quantitative estimate of drug-likeness (QED) is 0.621. The summed E-state index contributed by atoms with van der Waals surface area (Å²) in [5.41, 5.74) is 0. The first kappa shape index (κ1) is 15.1. The lowest BCUT2D eigenvalue weighted by Gasteiger charge is -2.37. The van der Waals surface area contributed by atoms with E-state index in [1.54, 1.807) is 0 Å². The molecule has 5 nitrogen and oxygen atoms in total. The Balaban J connectivity index is 1.45. The van der Waals surface area contributed by atoms with E-state index in [0.717, 1.165) is 63.7 Å². The maximum atomic E-state index is 5.48. The van der Waals surface area contributed by atoms with Crippen molar-refractivity contribution in [2.75, 3.05) is 52.5 Å². The summed E-state index contributed by atoms with van der Waals surface area (Å²) in [7, 11) is 0. The number of hydrogen-bond donors (Lipinski definition) is 1. The number of piperazine rings is 1. The van der Waals surface area contributed by atoms with Crippen LogP contribution < -0.4 is 5.32 Å². The van der Waals surface area contributed by atoms with Crippen molar-refractivity contribution in [1.82, 2.24) is 15.1 Å². The third-order valence-corrected chi connectivity index (χ3v) is 4.94. The van der Waals surface area contributed by atoms with Gasteiger partial charge in [-0.2, -0.15) is 0 Å². The number of rotatable bonds is 4. The standard InChI is InChI=1S/C16H30N4O/c1-3-17-16(18-15-10-13(15)2)20-7-5-19(6-8-20)11-14-4-9-21-12-14/h13-15H,3-12H2,1-2H3,(H,17,18). The van der Waals surface area contributed by atoms with Gasteiger partial charge in [-0.25, -0.2) is 0 Å². The van der Waals surface area contributed by atoms with Crippen molar-refractivity contribution in [2.45, 2.75) is 32.7 Å². The van der Waals surface area contributed by atoms with E-state index in [4.69, 9.17) is 4.74 Å². The van der Waals surface area contributed by atoms with Gasteiger partial charge in [0.1, 0.15) is 0 Å². The highest BCUT2D eigenvalue weighted by atomic mass is 16.5. The Labute approximate surface area is 128 Å². The number of guanidine groups is 1. The molecule has 2 heterocycles. The van der Waals surface area contributed by atoms with Gasteiger partial charge < -0.3 is 15.0 Å². The minimum atomic E-state index is 0.656. The molecule has 0 aromatic carbocycles. The summed E-state index contributed by atoms with van der Waals surface area (Å²) in [5, 5.41) is 3.64. The summed E-state index contributed by atoms with van der Waals surface area (Å²) in [5.74, 6) is 2.71. The van der Waals surface area contributed by atoms with Gasteiger partial charge >= 0.3 is 0 Å². The maximum Gasteiger partial charge on any atom is 0.194 e. The summed E-state index contributed by atoms with van der Waals surface area (Å²) in [4.78, 5) is 9.72. The van der Waals surface area contributed by atoms with Crippen LogP contribution in [0.25, 0.3) is 0 Å². The first-order chi connectivity index (χ1) is 10.3. The topological polar surface area (TPSA) is 40.1 Å². The number of nitrogens with zero attached hydrogens (tertiary/aromatic N) is 3. The van der Waals surface area contributed by atoms with Crippen LogP contribution in [0.1, 0.15) is 26.7 Å². The van der Waals surface area contributed by atoms with Crippen molar-refractivity contribution in [1.29, 1.82) is 0 Å². The van der Waals surface area contributed by atoms with E-state index in [-0.39, 0.29) is 0 Å². The highest BCUT2D eigenvalue weighted by Crippen LogP contribution is 2.29. The molecule has 1 N–H and O–H groups in total. The molecule has 1 aliphatic carbocycles. The second-order valence-corrected chi connectivity index (χ2v) is 6.78. The molecule has 3 rings (SSSR count). The minimum Gasteiger partial charge on any atom is -0.381 e. The molecule has 3 fully saturated rings. The Morgan fingerprint density at radius 3 is 2.62 bits per heavy atom. The molecule has 1 saturated carbocycles. The van der Waals surface area contributed by atoms with Crippen LogP contribution in [0.2, 0.25) is 0 Å². The number of hydrogen-bond acceptors (Lipinski definition) is 3. The van der Waals surface area contributed by atoms with Crippen molar-refractivity contribution < 1.29 is 4.74 Å². The Morgan fingerprint density at radius 2 is 2.05 bits per heavy atom. The monoisotopic (exact) mass is 294 g/mol. The van der Waals surface area contributed by atoms with Gasteiger partial charge in [-0.3, -0.25) is 9.89 Å². The van der Waals surface area contributed by atoms with Gasteiger partial charge in [-0.05, 0) is 31.6 Å². The van der Waals surface area contributed by atoms with Crippen molar-refractivity contribution in [3.05, 3.63) is 0 Å². The molecule has 0 aromatic heterocycles. The van der Waals surface area contributed by atoms with E-state index in [1.807, 2.05) is 0 Å². The van der Waals surface area contributed by atoms with Crippen LogP contribution in [-0.4, -0.2) is 74.3 Å².